The molecular weight excluding hydrogens is 358 g/mol. The Balaban J connectivity index is 2.22. The summed E-state index contributed by atoms with van der Waals surface area (Å²) in [5.41, 5.74) is 1.79. The van der Waals surface area contributed by atoms with E-state index < -0.39 is 0 Å². The molecule has 0 aliphatic heterocycles. The van der Waals surface area contributed by atoms with E-state index in [1.807, 2.05) is 18.2 Å². The maximum Gasteiger partial charge on any atom is 0.200 e. The van der Waals surface area contributed by atoms with Gasteiger partial charge < -0.3 is 19.9 Å². The molecule has 2 aromatic carbocycles. The Bertz CT molecular complexity index is 624. The Morgan fingerprint density at radius 1 is 1.19 bits per heavy atom. The van der Waals surface area contributed by atoms with Gasteiger partial charge in [0.05, 0.1) is 29.4 Å². The molecule has 0 spiro atoms. The quantitative estimate of drug-likeness (QED) is 0.815. The highest BCUT2D eigenvalue weighted by Crippen LogP contribution is 2.37. The largest absolute Gasteiger partial charge is 0.502 e. The van der Waals surface area contributed by atoms with Gasteiger partial charge in [0, 0.05) is 6.54 Å². The van der Waals surface area contributed by atoms with E-state index in [0.29, 0.717) is 23.1 Å². The first kappa shape index (κ1) is 15.8. The lowest BCUT2D eigenvalue weighted by molar-refractivity contribution is 0.339. The predicted octanol–water partition coefficient (Wildman–Crippen LogP) is 4.44. The van der Waals surface area contributed by atoms with Crippen molar-refractivity contribution in [3.05, 3.63) is 45.4 Å². The third-order valence-corrected chi connectivity index (χ3v) is 4.37. The van der Waals surface area contributed by atoms with Crippen molar-refractivity contribution in [3.63, 3.8) is 0 Å². The van der Waals surface area contributed by atoms with Gasteiger partial charge in [0.2, 0.25) is 5.75 Å². The Morgan fingerprint density at radius 2 is 1.81 bits per heavy atom. The highest BCUT2D eigenvalue weighted by molar-refractivity contribution is 9.10. The van der Waals surface area contributed by atoms with Gasteiger partial charge in [0.25, 0.3) is 0 Å². The van der Waals surface area contributed by atoms with E-state index in [-0.39, 0.29) is 5.75 Å². The van der Waals surface area contributed by atoms with E-state index in [0.717, 1.165) is 15.7 Å². The lowest BCUT2D eigenvalue weighted by atomic mass is 10.1. The lowest BCUT2D eigenvalue weighted by Crippen LogP contribution is -2.01. The maximum atomic E-state index is 9.88. The first-order valence-electron chi connectivity index (χ1n) is 6.18. The zero-order valence-electron chi connectivity index (χ0n) is 11.6. The standard InChI is InChI=1S/C15H15BrClNO3/c1-20-12-6-9(7-13(21-2)15(12)19)8-18-11-5-3-4-10(17)14(11)16/h3-7,18-19H,8H2,1-2H3. The van der Waals surface area contributed by atoms with Crippen molar-refractivity contribution in [2.24, 2.45) is 0 Å². The van der Waals surface area contributed by atoms with Crippen molar-refractivity contribution in [1.82, 2.24) is 0 Å². The molecule has 0 aliphatic rings. The average molecular weight is 373 g/mol. The molecule has 2 rings (SSSR count). The molecular formula is C15H15BrClNO3. The van der Waals surface area contributed by atoms with Crippen molar-refractivity contribution in [3.8, 4) is 17.2 Å². The number of aromatic hydroxyl groups is 1. The second kappa shape index (κ2) is 6.91. The molecule has 0 bridgehead atoms. The van der Waals surface area contributed by atoms with E-state index in [2.05, 4.69) is 21.2 Å². The van der Waals surface area contributed by atoms with Gasteiger partial charge in [-0.05, 0) is 45.8 Å². The fraction of sp³-hybridized carbons (Fsp3) is 0.200. The number of anilines is 1. The first-order valence-corrected chi connectivity index (χ1v) is 7.35. The fourth-order valence-corrected chi connectivity index (χ4v) is 2.47. The van der Waals surface area contributed by atoms with Crippen LogP contribution in [0.1, 0.15) is 5.56 Å². The molecule has 0 amide bonds. The molecule has 0 aliphatic carbocycles. The number of rotatable bonds is 5. The number of halogens is 2. The van der Waals surface area contributed by atoms with Crippen LogP contribution in [0.5, 0.6) is 17.2 Å². The number of hydrogen-bond donors (Lipinski definition) is 2. The number of methoxy groups -OCH3 is 2. The summed E-state index contributed by atoms with van der Waals surface area (Å²) in [5, 5.41) is 13.8. The summed E-state index contributed by atoms with van der Waals surface area (Å²) in [7, 11) is 3.00. The van der Waals surface area contributed by atoms with E-state index in [1.54, 1.807) is 12.1 Å². The third-order valence-electron chi connectivity index (χ3n) is 2.97. The van der Waals surface area contributed by atoms with Crippen LogP contribution in [-0.2, 0) is 6.54 Å². The molecule has 0 unspecified atom stereocenters. The molecule has 0 radical (unpaired) electrons. The zero-order chi connectivity index (χ0) is 15.4. The molecule has 0 saturated heterocycles. The van der Waals surface area contributed by atoms with E-state index in [1.165, 1.54) is 14.2 Å². The van der Waals surface area contributed by atoms with E-state index in [9.17, 15) is 5.11 Å². The topological polar surface area (TPSA) is 50.7 Å². The number of nitrogens with one attached hydrogen (secondary N) is 1. The van der Waals surface area contributed by atoms with Crippen LogP contribution >= 0.6 is 27.5 Å². The molecule has 0 atom stereocenters. The van der Waals surface area contributed by atoms with Crippen LogP contribution in [0.4, 0.5) is 5.69 Å². The van der Waals surface area contributed by atoms with Crippen LogP contribution in [0, 0.1) is 0 Å². The molecule has 2 aromatic rings. The zero-order valence-corrected chi connectivity index (χ0v) is 14.0. The lowest BCUT2D eigenvalue weighted by Gasteiger charge is -2.13. The molecule has 112 valence electrons. The highest BCUT2D eigenvalue weighted by Gasteiger charge is 2.11. The minimum Gasteiger partial charge on any atom is -0.502 e. The highest BCUT2D eigenvalue weighted by atomic mass is 79.9. The third kappa shape index (κ3) is 3.54. The summed E-state index contributed by atoms with van der Waals surface area (Å²) >= 11 is 9.49. The second-order valence-corrected chi connectivity index (χ2v) is 5.50. The summed E-state index contributed by atoms with van der Waals surface area (Å²) in [6.45, 7) is 0.534. The minimum absolute atomic E-state index is 0.00677. The van der Waals surface area contributed by atoms with Crippen molar-refractivity contribution in [2.45, 2.75) is 6.54 Å². The van der Waals surface area contributed by atoms with Gasteiger partial charge in [-0.1, -0.05) is 17.7 Å². The minimum atomic E-state index is -0.00677. The van der Waals surface area contributed by atoms with Crippen LogP contribution in [0.15, 0.2) is 34.8 Å². The van der Waals surface area contributed by atoms with Gasteiger partial charge in [-0.25, -0.2) is 0 Å². The van der Waals surface area contributed by atoms with Crippen LogP contribution in [0.3, 0.4) is 0 Å². The van der Waals surface area contributed by atoms with Crippen molar-refractivity contribution in [1.29, 1.82) is 0 Å². The monoisotopic (exact) mass is 371 g/mol. The molecule has 0 aromatic heterocycles. The molecule has 0 saturated carbocycles. The van der Waals surface area contributed by atoms with Crippen molar-refractivity contribution in [2.75, 3.05) is 19.5 Å². The number of benzene rings is 2. The Kier molecular flexibility index (Phi) is 5.20. The number of phenols is 1. The fourth-order valence-electron chi connectivity index (χ4n) is 1.89. The summed E-state index contributed by atoms with van der Waals surface area (Å²) in [4.78, 5) is 0. The number of ether oxygens (including phenoxy) is 2. The van der Waals surface area contributed by atoms with Gasteiger partial charge in [0.15, 0.2) is 11.5 Å². The molecule has 0 heterocycles. The Hall–Kier alpha value is -1.59. The summed E-state index contributed by atoms with van der Waals surface area (Å²) < 4.78 is 11.1. The van der Waals surface area contributed by atoms with Crippen LogP contribution in [0.2, 0.25) is 5.02 Å². The van der Waals surface area contributed by atoms with Gasteiger partial charge >= 0.3 is 0 Å². The Morgan fingerprint density at radius 3 is 2.38 bits per heavy atom. The van der Waals surface area contributed by atoms with Crippen molar-refractivity contribution >= 4 is 33.2 Å². The summed E-state index contributed by atoms with van der Waals surface area (Å²) in [5.74, 6) is 0.736. The summed E-state index contributed by atoms with van der Waals surface area (Å²) in [6, 6.07) is 9.11. The molecule has 6 heteroatoms. The smallest absolute Gasteiger partial charge is 0.200 e. The number of phenolic OH excluding ortho intramolecular Hbond substituents is 1. The number of hydrogen-bond acceptors (Lipinski definition) is 4. The van der Waals surface area contributed by atoms with Gasteiger partial charge in [0.1, 0.15) is 0 Å². The summed E-state index contributed by atoms with van der Waals surface area (Å²) in [6.07, 6.45) is 0. The SMILES string of the molecule is COc1cc(CNc2cccc(Cl)c2Br)cc(OC)c1O. The maximum absolute atomic E-state index is 9.88. The van der Waals surface area contributed by atoms with Crippen LogP contribution in [0.25, 0.3) is 0 Å². The van der Waals surface area contributed by atoms with E-state index >= 15 is 0 Å². The Labute approximate surface area is 136 Å². The van der Waals surface area contributed by atoms with Gasteiger partial charge in [-0.15, -0.1) is 0 Å². The second-order valence-electron chi connectivity index (χ2n) is 4.30. The van der Waals surface area contributed by atoms with Gasteiger partial charge in [-0.3, -0.25) is 0 Å². The predicted molar refractivity (Wildman–Crippen MR) is 87.7 cm³/mol. The molecule has 0 fully saturated rings. The van der Waals surface area contributed by atoms with E-state index in [4.69, 9.17) is 21.1 Å². The molecule has 4 nitrogen and oxygen atoms in total. The van der Waals surface area contributed by atoms with Crippen LogP contribution < -0.4 is 14.8 Å². The molecule has 21 heavy (non-hydrogen) atoms. The van der Waals surface area contributed by atoms with Crippen molar-refractivity contribution < 1.29 is 14.6 Å². The van der Waals surface area contributed by atoms with Gasteiger partial charge in [-0.2, -0.15) is 0 Å². The first-order chi connectivity index (χ1) is 10.1. The van der Waals surface area contributed by atoms with Crippen LogP contribution in [-0.4, -0.2) is 19.3 Å². The average Bonchev–Trinajstić information content (AvgIpc) is 2.49. The normalized spacial score (nSPS) is 10.3. The molecule has 2 N–H and O–H groups in total.